The molecule has 1 fully saturated rings. The normalized spacial score (nSPS) is 15.4. The molecule has 2 aromatic rings. The summed E-state index contributed by atoms with van der Waals surface area (Å²) >= 11 is 0. The molecule has 3 rings (SSSR count). The van der Waals surface area contributed by atoms with E-state index in [1.165, 1.54) is 35.3 Å². The van der Waals surface area contributed by atoms with Crippen LogP contribution in [0.1, 0.15) is 56.4 Å². The van der Waals surface area contributed by atoms with Gasteiger partial charge in [0.1, 0.15) is 0 Å². The number of para-hydroxylation sites is 1. The maximum Gasteiger partial charge on any atom is 0.0678 e. The second-order valence-electron chi connectivity index (χ2n) is 7.13. The Balaban J connectivity index is 1.95. The van der Waals surface area contributed by atoms with Crippen molar-refractivity contribution in [1.82, 2.24) is 15.1 Å². The lowest BCUT2D eigenvalue weighted by atomic mass is 10.1. The van der Waals surface area contributed by atoms with Gasteiger partial charge < -0.3 is 5.32 Å². The van der Waals surface area contributed by atoms with Crippen molar-refractivity contribution in [2.45, 2.75) is 58.5 Å². The molecule has 21 heavy (non-hydrogen) atoms. The van der Waals surface area contributed by atoms with Gasteiger partial charge in [-0.3, -0.25) is 0 Å². The highest BCUT2D eigenvalue weighted by molar-refractivity contribution is 5.43. The molecule has 0 spiro atoms. The second kappa shape index (κ2) is 5.30. The van der Waals surface area contributed by atoms with Crippen molar-refractivity contribution in [3.8, 4) is 5.69 Å². The quantitative estimate of drug-likeness (QED) is 0.921. The minimum absolute atomic E-state index is 0.131. The van der Waals surface area contributed by atoms with Gasteiger partial charge in [-0.2, -0.15) is 5.10 Å². The highest BCUT2D eigenvalue weighted by Crippen LogP contribution is 2.42. The predicted octanol–water partition coefficient (Wildman–Crippen LogP) is 3.95. The first kappa shape index (κ1) is 14.3. The highest BCUT2D eigenvalue weighted by atomic mass is 15.3. The fourth-order valence-electron chi connectivity index (χ4n) is 2.67. The molecule has 3 heteroatoms. The highest BCUT2D eigenvalue weighted by Gasteiger charge is 2.31. The molecule has 3 nitrogen and oxygen atoms in total. The van der Waals surface area contributed by atoms with E-state index in [1.807, 2.05) is 6.20 Å². The molecule has 1 aromatic carbocycles. The third-order valence-corrected chi connectivity index (χ3v) is 4.00. The third-order valence-electron chi connectivity index (χ3n) is 4.00. The predicted molar refractivity (Wildman–Crippen MR) is 86.9 cm³/mol. The van der Waals surface area contributed by atoms with E-state index >= 15 is 0 Å². The van der Waals surface area contributed by atoms with Crippen molar-refractivity contribution in [2.24, 2.45) is 0 Å². The minimum Gasteiger partial charge on any atom is -0.308 e. The monoisotopic (exact) mass is 283 g/mol. The van der Waals surface area contributed by atoms with Crippen LogP contribution in [0.2, 0.25) is 0 Å². The first-order valence-corrected chi connectivity index (χ1v) is 7.83. The Labute approximate surface area is 127 Å². The van der Waals surface area contributed by atoms with Crippen LogP contribution in [-0.4, -0.2) is 15.3 Å². The van der Waals surface area contributed by atoms with Gasteiger partial charge in [0.2, 0.25) is 0 Å². The molecule has 1 heterocycles. The summed E-state index contributed by atoms with van der Waals surface area (Å²) < 4.78 is 2.16. The van der Waals surface area contributed by atoms with Gasteiger partial charge in [0.05, 0.1) is 17.6 Å². The van der Waals surface area contributed by atoms with Gasteiger partial charge in [0.15, 0.2) is 0 Å². The number of nitrogens with zero attached hydrogens (tertiary/aromatic N) is 2. The zero-order valence-electron chi connectivity index (χ0n) is 13.5. The zero-order chi connectivity index (χ0) is 15.0. The van der Waals surface area contributed by atoms with Crippen LogP contribution in [0.25, 0.3) is 5.69 Å². The molecule has 1 aliphatic carbocycles. The maximum absolute atomic E-state index is 4.69. The summed E-state index contributed by atoms with van der Waals surface area (Å²) in [6.07, 6.45) is 4.62. The fourth-order valence-corrected chi connectivity index (χ4v) is 2.67. The molecule has 0 aliphatic heterocycles. The zero-order valence-corrected chi connectivity index (χ0v) is 13.5. The SMILES string of the molecule is Cc1ccccc1-n1ncc(CNC(C)(C)C)c1C1CC1. The van der Waals surface area contributed by atoms with E-state index in [2.05, 4.69) is 67.1 Å². The van der Waals surface area contributed by atoms with Crippen LogP contribution in [0.5, 0.6) is 0 Å². The van der Waals surface area contributed by atoms with E-state index < -0.39 is 0 Å². The summed E-state index contributed by atoms with van der Waals surface area (Å²) in [5.41, 5.74) is 5.36. The van der Waals surface area contributed by atoms with Crippen molar-refractivity contribution in [3.63, 3.8) is 0 Å². The molecule has 0 atom stereocenters. The lowest BCUT2D eigenvalue weighted by Crippen LogP contribution is -2.35. The Bertz CT molecular complexity index is 630. The van der Waals surface area contributed by atoms with Crippen LogP contribution in [0, 0.1) is 6.92 Å². The van der Waals surface area contributed by atoms with Crippen LogP contribution in [0.4, 0.5) is 0 Å². The van der Waals surface area contributed by atoms with Gasteiger partial charge in [-0.25, -0.2) is 4.68 Å². The molecule has 0 amide bonds. The number of aryl methyl sites for hydroxylation is 1. The first-order valence-electron chi connectivity index (χ1n) is 7.83. The van der Waals surface area contributed by atoms with Gasteiger partial charge in [-0.15, -0.1) is 0 Å². The van der Waals surface area contributed by atoms with Gasteiger partial charge in [0.25, 0.3) is 0 Å². The summed E-state index contributed by atoms with van der Waals surface area (Å²) in [7, 11) is 0. The summed E-state index contributed by atoms with van der Waals surface area (Å²) in [6, 6.07) is 8.49. The first-order chi connectivity index (χ1) is 9.96. The van der Waals surface area contributed by atoms with E-state index in [4.69, 9.17) is 0 Å². The Morgan fingerprint density at radius 3 is 2.57 bits per heavy atom. The molecule has 0 saturated heterocycles. The van der Waals surface area contributed by atoms with Gasteiger partial charge in [0, 0.05) is 23.6 Å². The maximum atomic E-state index is 4.69. The molecule has 1 N–H and O–H groups in total. The van der Waals surface area contributed by atoms with E-state index in [0.29, 0.717) is 5.92 Å². The summed E-state index contributed by atoms with van der Waals surface area (Å²) in [4.78, 5) is 0. The lowest BCUT2D eigenvalue weighted by molar-refractivity contribution is 0.423. The van der Waals surface area contributed by atoms with Crippen LogP contribution in [0.15, 0.2) is 30.5 Å². The van der Waals surface area contributed by atoms with E-state index in [9.17, 15) is 0 Å². The van der Waals surface area contributed by atoms with Gasteiger partial charge >= 0.3 is 0 Å². The molecule has 1 aliphatic rings. The van der Waals surface area contributed by atoms with Crippen LogP contribution < -0.4 is 5.32 Å². The van der Waals surface area contributed by atoms with Gasteiger partial charge in [-0.05, 0) is 52.2 Å². The summed E-state index contributed by atoms with van der Waals surface area (Å²) in [5.74, 6) is 0.684. The third kappa shape index (κ3) is 3.18. The smallest absolute Gasteiger partial charge is 0.0678 e. The van der Waals surface area contributed by atoms with Crippen molar-refractivity contribution < 1.29 is 0 Å². The number of rotatable bonds is 4. The van der Waals surface area contributed by atoms with Crippen LogP contribution >= 0.6 is 0 Å². The Kier molecular flexibility index (Phi) is 3.62. The van der Waals surface area contributed by atoms with Crippen molar-refractivity contribution >= 4 is 0 Å². The number of benzene rings is 1. The Morgan fingerprint density at radius 1 is 1.24 bits per heavy atom. The topological polar surface area (TPSA) is 29.9 Å². The minimum atomic E-state index is 0.131. The number of hydrogen-bond donors (Lipinski definition) is 1. The lowest BCUT2D eigenvalue weighted by Gasteiger charge is -2.20. The molecule has 1 aromatic heterocycles. The van der Waals surface area contributed by atoms with Gasteiger partial charge in [-0.1, -0.05) is 18.2 Å². The standard InChI is InChI=1S/C18H25N3/c1-13-7-5-6-8-16(13)21-17(14-9-10-14)15(12-20-21)11-19-18(2,3)4/h5-8,12,14,19H,9-11H2,1-4H3. The van der Waals surface area contributed by atoms with Crippen LogP contribution in [0.3, 0.4) is 0 Å². The average Bonchev–Trinajstić information content (AvgIpc) is 3.16. The average molecular weight is 283 g/mol. The largest absolute Gasteiger partial charge is 0.308 e. The molecule has 0 radical (unpaired) electrons. The molecule has 112 valence electrons. The van der Waals surface area contributed by atoms with E-state index in [0.717, 1.165) is 6.54 Å². The molecule has 0 bridgehead atoms. The second-order valence-corrected chi connectivity index (χ2v) is 7.13. The molecular weight excluding hydrogens is 258 g/mol. The number of nitrogens with one attached hydrogen (secondary N) is 1. The Morgan fingerprint density at radius 2 is 1.95 bits per heavy atom. The molecule has 1 saturated carbocycles. The van der Waals surface area contributed by atoms with E-state index in [-0.39, 0.29) is 5.54 Å². The number of hydrogen-bond acceptors (Lipinski definition) is 2. The summed E-state index contributed by atoms with van der Waals surface area (Å²) in [5, 5.41) is 8.27. The van der Waals surface area contributed by atoms with Crippen molar-refractivity contribution in [2.75, 3.05) is 0 Å². The summed E-state index contributed by atoms with van der Waals surface area (Å²) in [6.45, 7) is 9.66. The van der Waals surface area contributed by atoms with Crippen LogP contribution in [-0.2, 0) is 6.54 Å². The molecule has 0 unspecified atom stereocenters. The van der Waals surface area contributed by atoms with Crippen molar-refractivity contribution in [1.29, 1.82) is 0 Å². The number of aromatic nitrogens is 2. The van der Waals surface area contributed by atoms with Crippen molar-refractivity contribution in [3.05, 3.63) is 47.3 Å². The Hall–Kier alpha value is -1.61. The fraction of sp³-hybridized carbons (Fsp3) is 0.500. The molecular formula is C18H25N3. The van der Waals surface area contributed by atoms with E-state index in [1.54, 1.807) is 0 Å².